The highest BCUT2D eigenvalue weighted by Crippen LogP contribution is 2.50. The number of phenolic OH excluding ortho intramolecular Hbond substituents is 3. The Kier molecular flexibility index (Phi) is 6.66. The lowest BCUT2D eigenvalue weighted by molar-refractivity contribution is -0.143. The monoisotopic (exact) mass is 378 g/mol. The van der Waals surface area contributed by atoms with E-state index in [1.807, 2.05) is 0 Å². The second-order valence-electron chi connectivity index (χ2n) is 9.29. The van der Waals surface area contributed by atoms with Crippen LogP contribution in [0.5, 0.6) is 17.2 Å². The maximum atomic E-state index is 11.3. The van der Waals surface area contributed by atoms with Crippen molar-refractivity contribution < 1.29 is 25.2 Å². The predicted octanol–water partition coefficient (Wildman–Crippen LogP) is 5.14. The molecule has 0 heterocycles. The van der Waals surface area contributed by atoms with Crippen molar-refractivity contribution in [1.29, 1.82) is 0 Å². The van der Waals surface area contributed by atoms with E-state index < -0.39 is 17.1 Å². The average molecular weight is 379 g/mol. The largest absolute Gasteiger partial charge is 0.504 e. The lowest BCUT2D eigenvalue weighted by Crippen LogP contribution is -2.14. The molecule has 0 amide bonds. The first-order valence-electron chi connectivity index (χ1n) is 10.0. The van der Waals surface area contributed by atoms with E-state index in [0.29, 0.717) is 18.4 Å². The zero-order valence-corrected chi connectivity index (χ0v) is 16.8. The fraction of sp³-hybridized carbons (Fsp3) is 0.682. The summed E-state index contributed by atoms with van der Waals surface area (Å²) in [6.07, 6.45) is 8.14. The van der Waals surface area contributed by atoms with Crippen LogP contribution in [0.25, 0.3) is 0 Å². The number of unbranched alkanes of at least 4 members (excludes halogenated alkanes) is 2. The molecule has 1 aromatic carbocycles. The maximum absolute atomic E-state index is 11.3. The number of phenols is 3. The molecule has 0 bridgehead atoms. The van der Waals surface area contributed by atoms with Gasteiger partial charge in [0.2, 0.25) is 5.75 Å². The summed E-state index contributed by atoms with van der Waals surface area (Å²) in [7, 11) is 0. The third-order valence-electron chi connectivity index (χ3n) is 5.71. The first-order valence-corrected chi connectivity index (χ1v) is 10.0. The second-order valence-corrected chi connectivity index (χ2v) is 9.29. The lowest BCUT2D eigenvalue weighted by Gasteiger charge is -2.18. The fourth-order valence-corrected chi connectivity index (χ4v) is 3.70. The van der Waals surface area contributed by atoms with Gasteiger partial charge in [-0.2, -0.15) is 0 Å². The van der Waals surface area contributed by atoms with Gasteiger partial charge in [-0.25, -0.2) is 0 Å². The van der Waals surface area contributed by atoms with E-state index in [-0.39, 0.29) is 16.9 Å². The molecule has 0 aliphatic heterocycles. The number of rotatable bonds is 10. The Bertz CT molecular complexity index is 668. The van der Waals surface area contributed by atoms with Gasteiger partial charge in [0.25, 0.3) is 0 Å². The number of aryl methyl sites for hydroxylation is 1. The third kappa shape index (κ3) is 5.78. The van der Waals surface area contributed by atoms with Crippen LogP contribution in [0.4, 0.5) is 0 Å². The van der Waals surface area contributed by atoms with Crippen molar-refractivity contribution in [2.75, 3.05) is 0 Å². The molecular weight excluding hydrogens is 344 g/mol. The van der Waals surface area contributed by atoms with Crippen molar-refractivity contribution >= 4 is 5.97 Å². The van der Waals surface area contributed by atoms with Gasteiger partial charge >= 0.3 is 5.97 Å². The van der Waals surface area contributed by atoms with Crippen molar-refractivity contribution in [3.05, 3.63) is 17.2 Å². The topological polar surface area (TPSA) is 98.0 Å². The molecule has 4 N–H and O–H groups in total. The highest BCUT2D eigenvalue weighted by molar-refractivity contribution is 5.77. The van der Waals surface area contributed by atoms with Gasteiger partial charge in [0, 0.05) is 5.56 Å². The Hall–Kier alpha value is -1.91. The molecule has 2 rings (SSSR count). The van der Waals surface area contributed by atoms with Crippen LogP contribution in [0.15, 0.2) is 6.07 Å². The molecule has 5 heteroatoms. The quantitative estimate of drug-likeness (QED) is 0.334. The Morgan fingerprint density at radius 3 is 2.19 bits per heavy atom. The van der Waals surface area contributed by atoms with Crippen molar-refractivity contribution in [3.63, 3.8) is 0 Å². The number of aromatic hydroxyl groups is 3. The molecule has 1 aliphatic rings. The molecule has 1 fully saturated rings. The molecule has 0 saturated heterocycles. The predicted molar refractivity (Wildman–Crippen MR) is 105 cm³/mol. The van der Waals surface area contributed by atoms with E-state index in [9.17, 15) is 25.2 Å². The molecule has 27 heavy (non-hydrogen) atoms. The smallest absolute Gasteiger partial charge is 0.309 e. The third-order valence-corrected chi connectivity index (χ3v) is 5.71. The summed E-state index contributed by atoms with van der Waals surface area (Å²) in [5, 5.41) is 39.3. The van der Waals surface area contributed by atoms with E-state index in [4.69, 9.17) is 0 Å². The minimum Gasteiger partial charge on any atom is -0.504 e. The molecule has 0 spiro atoms. The summed E-state index contributed by atoms with van der Waals surface area (Å²) in [5.74, 6) is -1.69. The summed E-state index contributed by atoms with van der Waals surface area (Å²) >= 11 is 0. The number of hydrogen-bond donors (Lipinski definition) is 4. The molecule has 0 atom stereocenters. The van der Waals surface area contributed by atoms with Crippen LogP contribution in [0.1, 0.15) is 83.3 Å². The molecular formula is C22H34O5. The van der Waals surface area contributed by atoms with Crippen LogP contribution in [0.3, 0.4) is 0 Å². The van der Waals surface area contributed by atoms with Gasteiger partial charge < -0.3 is 20.4 Å². The van der Waals surface area contributed by atoms with Crippen molar-refractivity contribution in [2.45, 2.75) is 85.0 Å². The molecule has 1 aromatic rings. The molecule has 152 valence electrons. The molecule has 1 aliphatic carbocycles. The van der Waals surface area contributed by atoms with Gasteiger partial charge in [-0.3, -0.25) is 4.79 Å². The molecule has 0 radical (unpaired) electrons. The lowest BCUT2D eigenvalue weighted by atomic mass is 9.88. The Labute approximate surface area is 162 Å². The number of aliphatic carboxylic acids is 1. The minimum atomic E-state index is -0.702. The van der Waals surface area contributed by atoms with Gasteiger partial charge in [-0.05, 0) is 68.4 Å². The van der Waals surface area contributed by atoms with Gasteiger partial charge in [-0.15, -0.1) is 0 Å². The zero-order chi connectivity index (χ0) is 20.2. The zero-order valence-electron chi connectivity index (χ0n) is 16.8. The number of carboxylic acid groups (broad SMARTS) is 1. The van der Waals surface area contributed by atoms with Gasteiger partial charge in [0.1, 0.15) is 0 Å². The number of hydrogen-bond acceptors (Lipinski definition) is 4. The standard InChI is InChI=1S/C22H34O5/c1-21(2,3)10-6-4-8-15-14-17(23)19(25)18(24)16(15)9-5-7-11-22(12-13-22)20(26)27/h14,23-25H,4-13H2,1-3H3,(H,26,27). The highest BCUT2D eigenvalue weighted by Gasteiger charge is 2.49. The van der Waals surface area contributed by atoms with E-state index in [0.717, 1.165) is 56.9 Å². The van der Waals surface area contributed by atoms with Gasteiger partial charge in [0.05, 0.1) is 5.41 Å². The summed E-state index contributed by atoms with van der Waals surface area (Å²) in [6.45, 7) is 6.63. The summed E-state index contributed by atoms with van der Waals surface area (Å²) < 4.78 is 0. The van der Waals surface area contributed by atoms with Crippen LogP contribution >= 0.6 is 0 Å². The summed E-state index contributed by atoms with van der Waals surface area (Å²) in [5.41, 5.74) is 1.32. The van der Waals surface area contributed by atoms with E-state index >= 15 is 0 Å². The van der Waals surface area contributed by atoms with Crippen LogP contribution < -0.4 is 0 Å². The first-order chi connectivity index (χ1) is 12.6. The number of carbonyl (C=O) groups is 1. The van der Waals surface area contributed by atoms with Crippen molar-refractivity contribution in [1.82, 2.24) is 0 Å². The van der Waals surface area contributed by atoms with Crippen molar-refractivity contribution in [3.8, 4) is 17.2 Å². The van der Waals surface area contributed by atoms with Gasteiger partial charge in [0.15, 0.2) is 11.5 Å². The normalized spacial score (nSPS) is 15.7. The summed E-state index contributed by atoms with van der Waals surface area (Å²) in [4.78, 5) is 11.3. The van der Waals surface area contributed by atoms with Crippen LogP contribution in [-0.4, -0.2) is 26.4 Å². The number of benzene rings is 1. The average Bonchev–Trinajstić information content (AvgIpc) is 3.36. The fourth-order valence-electron chi connectivity index (χ4n) is 3.70. The Balaban J connectivity index is 1.96. The molecule has 0 aromatic heterocycles. The molecule has 0 unspecified atom stereocenters. The minimum absolute atomic E-state index is 0.236. The second kappa shape index (κ2) is 8.41. The Morgan fingerprint density at radius 2 is 1.63 bits per heavy atom. The first kappa shape index (κ1) is 21.4. The Morgan fingerprint density at radius 1 is 1.00 bits per heavy atom. The van der Waals surface area contributed by atoms with Crippen LogP contribution in [0.2, 0.25) is 0 Å². The van der Waals surface area contributed by atoms with Crippen LogP contribution in [0, 0.1) is 10.8 Å². The van der Waals surface area contributed by atoms with E-state index in [1.165, 1.54) is 0 Å². The number of carboxylic acids is 1. The highest BCUT2D eigenvalue weighted by atomic mass is 16.4. The van der Waals surface area contributed by atoms with Gasteiger partial charge in [-0.1, -0.05) is 33.6 Å². The molecule has 5 nitrogen and oxygen atoms in total. The molecule has 1 saturated carbocycles. The van der Waals surface area contributed by atoms with E-state index in [2.05, 4.69) is 20.8 Å². The maximum Gasteiger partial charge on any atom is 0.309 e. The van der Waals surface area contributed by atoms with Crippen molar-refractivity contribution in [2.24, 2.45) is 10.8 Å². The summed E-state index contributed by atoms with van der Waals surface area (Å²) in [6, 6.07) is 1.56. The van der Waals surface area contributed by atoms with E-state index in [1.54, 1.807) is 6.07 Å². The van der Waals surface area contributed by atoms with Crippen LogP contribution in [-0.2, 0) is 17.6 Å². The SMILES string of the molecule is CC(C)(C)CCCCc1cc(O)c(O)c(O)c1CCCCC1(C(=O)O)CC1.